The summed E-state index contributed by atoms with van der Waals surface area (Å²) in [5.74, 6) is 0.0934. The third-order valence-corrected chi connectivity index (χ3v) is 5.26. The van der Waals surface area contributed by atoms with E-state index in [0.717, 1.165) is 0 Å². The fraction of sp³-hybridized carbons (Fsp3) is 0.318. The quantitative estimate of drug-likeness (QED) is 0.644. The molecule has 1 aromatic carbocycles. The first-order chi connectivity index (χ1) is 15.0. The number of aromatic nitrogens is 3. The molecule has 0 aliphatic carbocycles. The largest absolute Gasteiger partial charge is 0.450 e. The molecule has 0 bridgehead atoms. The molecule has 1 aliphatic rings. The summed E-state index contributed by atoms with van der Waals surface area (Å²) < 4.78 is 22.0. The Kier molecular flexibility index (Phi) is 5.75. The van der Waals surface area contributed by atoms with Crippen molar-refractivity contribution < 1.29 is 18.7 Å². The highest BCUT2D eigenvalue weighted by Gasteiger charge is 2.30. The van der Waals surface area contributed by atoms with Gasteiger partial charge in [0.25, 0.3) is 5.91 Å². The number of halogens is 1. The molecule has 8 nitrogen and oxygen atoms in total. The first kappa shape index (κ1) is 20.6. The van der Waals surface area contributed by atoms with E-state index in [-0.39, 0.29) is 17.8 Å². The fourth-order valence-electron chi connectivity index (χ4n) is 3.71. The summed E-state index contributed by atoms with van der Waals surface area (Å²) in [6, 6.07) is 9.71. The monoisotopic (exact) mass is 425 g/mol. The molecule has 2 amide bonds. The van der Waals surface area contributed by atoms with E-state index in [1.54, 1.807) is 40.5 Å². The third kappa shape index (κ3) is 4.03. The van der Waals surface area contributed by atoms with Gasteiger partial charge in [-0.3, -0.25) is 4.79 Å². The van der Waals surface area contributed by atoms with Crippen molar-refractivity contribution >= 4 is 12.0 Å². The van der Waals surface area contributed by atoms with Crippen LogP contribution in [-0.2, 0) is 4.74 Å². The molecule has 31 heavy (non-hydrogen) atoms. The van der Waals surface area contributed by atoms with Crippen LogP contribution in [-0.4, -0.2) is 68.9 Å². The molecule has 1 saturated heterocycles. The number of rotatable bonds is 4. The molecule has 2 aromatic heterocycles. The van der Waals surface area contributed by atoms with Crippen LogP contribution >= 0.6 is 0 Å². The molecule has 0 saturated carbocycles. The van der Waals surface area contributed by atoms with Gasteiger partial charge in [-0.15, -0.1) is 0 Å². The number of hydrogen-bond donors (Lipinski definition) is 0. The fourth-order valence-corrected chi connectivity index (χ4v) is 3.71. The first-order valence-electron chi connectivity index (χ1n) is 10.2. The summed E-state index contributed by atoms with van der Waals surface area (Å²) in [5, 5.41) is 4.59. The lowest BCUT2D eigenvalue weighted by Gasteiger charge is -2.34. The Hall–Kier alpha value is -3.62. The van der Waals surface area contributed by atoms with E-state index < -0.39 is 0 Å². The Morgan fingerprint density at radius 1 is 1.03 bits per heavy atom. The zero-order chi connectivity index (χ0) is 22.0. The number of hydrogen-bond acceptors (Lipinski definition) is 4. The maximum Gasteiger partial charge on any atom is 0.409 e. The SMILES string of the molecule is CCOC(=O)N1CCN(C(=O)c2c(C)nn(-c3ccc(F)cc3)c2-n2cccc2)CC1. The van der Waals surface area contributed by atoms with Crippen molar-refractivity contribution in [3.63, 3.8) is 0 Å². The highest BCUT2D eigenvalue weighted by atomic mass is 19.1. The molecule has 1 aliphatic heterocycles. The van der Waals surface area contributed by atoms with Gasteiger partial charge in [0.2, 0.25) is 0 Å². The molecule has 0 radical (unpaired) electrons. The van der Waals surface area contributed by atoms with Gasteiger partial charge in [0, 0.05) is 38.6 Å². The van der Waals surface area contributed by atoms with Crippen LogP contribution in [0.3, 0.4) is 0 Å². The number of ether oxygens (including phenoxy) is 1. The zero-order valence-electron chi connectivity index (χ0n) is 17.5. The summed E-state index contributed by atoms with van der Waals surface area (Å²) in [7, 11) is 0. The average molecular weight is 425 g/mol. The minimum absolute atomic E-state index is 0.155. The summed E-state index contributed by atoms with van der Waals surface area (Å²) in [6.45, 7) is 5.51. The van der Waals surface area contributed by atoms with Crippen LogP contribution in [0, 0.1) is 12.7 Å². The smallest absolute Gasteiger partial charge is 0.409 e. The Balaban J connectivity index is 1.66. The molecule has 3 aromatic rings. The van der Waals surface area contributed by atoms with Gasteiger partial charge < -0.3 is 19.1 Å². The minimum Gasteiger partial charge on any atom is -0.450 e. The number of benzene rings is 1. The second-order valence-electron chi connectivity index (χ2n) is 7.24. The van der Waals surface area contributed by atoms with Crippen LogP contribution in [0.15, 0.2) is 48.8 Å². The van der Waals surface area contributed by atoms with E-state index in [2.05, 4.69) is 5.10 Å². The molecular weight excluding hydrogens is 401 g/mol. The Morgan fingerprint density at radius 3 is 2.26 bits per heavy atom. The summed E-state index contributed by atoms with van der Waals surface area (Å²) in [5.41, 5.74) is 1.70. The van der Waals surface area contributed by atoms with E-state index in [4.69, 9.17) is 4.74 Å². The van der Waals surface area contributed by atoms with Crippen molar-refractivity contribution in [2.24, 2.45) is 0 Å². The zero-order valence-corrected chi connectivity index (χ0v) is 17.5. The number of piperazine rings is 1. The molecule has 4 rings (SSSR count). The predicted octanol–water partition coefficient (Wildman–Crippen LogP) is 3.02. The van der Waals surface area contributed by atoms with Gasteiger partial charge in [0.05, 0.1) is 18.0 Å². The third-order valence-electron chi connectivity index (χ3n) is 5.26. The number of carbonyl (C=O) groups excluding carboxylic acids is 2. The molecule has 0 atom stereocenters. The van der Waals surface area contributed by atoms with Gasteiger partial charge >= 0.3 is 6.09 Å². The molecular formula is C22H24FN5O3. The van der Waals surface area contributed by atoms with E-state index in [9.17, 15) is 14.0 Å². The maximum atomic E-state index is 13.5. The lowest BCUT2D eigenvalue weighted by molar-refractivity contribution is 0.0570. The van der Waals surface area contributed by atoms with Gasteiger partial charge in [0.1, 0.15) is 11.4 Å². The van der Waals surface area contributed by atoms with E-state index in [1.807, 2.05) is 29.1 Å². The second-order valence-corrected chi connectivity index (χ2v) is 7.24. The summed E-state index contributed by atoms with van der Waals surface area (Å²) in [4.78, 5) is 28.8. The second kappa shape index (κ2) is 8.63. The highest BCUT2D eigenvalue weighted by molar-refractivity contribution is 5.98. The summed E-state index contributed by atoms with van der Waals surface area (Å²) >= 11 is 0. The first-order valence-corrected chi connectivity index (χ1v) is 10.2. The van der Waals surface area contributed by atoms with E-state index in [1.165, 1.54) is 12.1 Å². The number of carbonyl (C=O) groups is 2. The van der Waals surface area contributed by atoms with Crippen molar-refractivity contribution in [1.82, 2.24) is 24.1 Å². The lowest BCUT2D eigenvalue weighted by Crippen LogP contribution is -2.50. The van der Waals surface area contributed by atoms with Crippen molar-refractivity contribution in [2.75, 3.05) is 32.8 Å². The maximum absolute atomic E-state index is 13.5. The van der Waals surface area contributed by atoms with Crippen LogP contribution in [0.5, 0.6) is 0 Å². The van der Waals surface area contributed by atoms with Crippen molar-refractivity contribution in [3.8, 4) is 11.5 Å². The lowest BCUT2D eigenvalue weighted by atomic mass is 10.2. The molecule has 9 heteroatoms. The van der Waals surface area contributed by atoms with Gasteiger partial charge in [0.15, 0.2) is 5.82 Å². The van der Waals surface area contributed by atoms with Crippen molar-refractivity contribution in [2.45, 2.75) is 13.8 Å². The van der Waals surface area contributed by atoms with Crippen LogP contribution in [0.1, 0.15) is 23.0 Å². The predicted molar refractivity (Wildman–Crippen MR) is 112 cm³/mol. The normalized spacial score (nSPS) is 14.0. The standard InChI is InChI=1S/C22H24FN5O3/c1-3-31-22(30)27-14-12-26(13-15-27)21(29)19-16(2)24-28(18-8-6-17(23)7-9-18)20(19)25-10-4-5-11-25/h4-11H,3,12-15H2,1-2H3. The van der Waals surface area contributed by atoms with Gasteiger partial charge in [-0.1, -0.05) is 0 Å². The molecule has 162 valence electrons. The molecule has 0 unspecified atom stereocenters. The molecule has 3 heterocycles. The van der Waals surface area contributed by atoms with Gasteiger partial charge in [-0.2, -0.15) is 5.10 Å². The van der Waals surface area contributed by atoms with Gasteiger partial charge in [-0.25, -0.2) is 13.9 Å². The number of amides is 2. The van der Waals surface area contributed by atoms with E-state index >= 15 is 0 Å². The Bertz CT molecular complexity index is 1070. The Morgan fingerprint density at radius 2 is 1.65 bits per heavy atom. The topological polar surface area (TPSA) is 72.6 Å². The molecule has 1 fully saturated rings. The van der Waals surface area contributed by atoms with Crippen LogP contribution in [0.25, 0.3) is 11.5 Å². The summed E-state index contributed by atoms with van der Waals surface area (Å²) in [6.07, 6.45) is 3.32. The Labute approximate surface area is 179 Å². The minimum atomic E-state index is -0.358. The van der Waals surface area contributed by atoms with Crippen molar-refractivity contribution in [1.29, 1.82) is 0 Å². The number of aryl methyl sites for hydroxylation is 1. The molecule has 0 N–H and O–H groups in total. The number of nitrogens with zero attached hydrogens (tertiary/aromatic N) is 5. The van der Waals surface area contributed by atoms with Crippen LogP contribution in [0.4, 0.5) is 9.18 Å². The van der Waals surface area contributed by atoms with Crippen molar-refractivity contribution in [3.05, 3.63) is 65.9 Å². The van der Waals surface area contributed by atoms with Gasteiger partial charge in [-0.05, 0) is 50.2 Å². The van der Waals surface area contributed by atoms with Crippen LogP contribution in [0.2, 0.25) is 0 Å². The average Bonchev–Trinajstić information content (AvgIpc) is 3.42. The van der Waals surface area contributed by atoms with E-state index in [0.29, 0.717) is 55.5 Å². The molecule has 0 spiro atoms. The van der Waals surface area contributed by atoms with Crippen LogP contribution < -0.4 is 0 Å². The highest BCUT2D eigenvalue weighted by Crippen LogP contribution is 2.25.